The van der Waals surface area contributed by atoms with Gasteiger partial charge in [-0.25, -0.2) is 4.79 Å². The largest absolute Gasteiger partial charge is 0.478 e. The third kappa shape index (κ3) is 2.12. The van der Waals surface area contributed by atoms with Gasteiger partial charge in [-0.05, 0) is 32.6 Å². The summed E-state index contributed by atoms with van der Waals surface area (Å²) in [6.45, 7) is 1.99. The standard InChI is InChI=1S/C11H15NO2/c1-8(12(2)3)9-6-4-5-7-10(9)11(13)14/h4-8H,1-3H3,(H,13,14). The molecule has 0 spiro atoms. The fourth-order valence-corrected chi connectivity index (χ4v) is 1.33. The minimum absolute atomic E-state index is 0.113. The van der Waals surface area contributed by atoms with Crippen LogP contribution in [0, 0.1) is 0 Å². The lowest BCUT2D eigenvalue weighted by Gasteiger charge is -2.21. The molecule has 14 heavy (non-hydrogen) atoms. The molecule has 0 bridgehead atoms. The number of nitrogens with zero attached hydrogens (tertiary/aromatic N) is 1. The molecule has 1 aromatic rings. The summed E-state index contributed by atoms with van der Waals surface area (Å²) in [6.07, 6.45) is 0. The Morgan fingerprint density at radius 3 is 2.43 bits per heavy atom. The molecule has 0 aromatic heterocycles. The van der Waals surface area contributed by atoms with Crippen LogP contribution < -0.4 is 0 Å². The maximum absolute atomic E-state index is 10.9. The van der Waals surface area contributed by atoms with E-state index in [9.17, 15) is 4.79 Å². The Bertz CT molecular complexity index is 334. The molecule has 0 aliphatic carbocycles. The second-order valence-electron chi connectivity index (χ2n) is 3.53. The summed E-state index contributed by atoms with van der Waals surface area (Å²) in [7, 11) is 3.87. The topological polar surface area (TPSA) is 40.5 Å². The van der Waals surface area contributed by atoms with Crippen LogP contribution in [0.3, 0.4) is 0 Å². The van der Waals surface area contributed by atoms with Crippen molar-refractivity contribution in [2.24, 2.45) is 0 Å². The normalized spacial score (nSPS) is 12.9. The molecule has 3 heteroatoms. The SMILES string of the molecule is CC(c1ccccc1C(=O)O)N(C)C. The molecule has 3 nitrogen and oxygen atoms in total. The Hall–Kier alpha value is -1.35. The van der Waals surface area contributed by atoms with Crippen molar-refractivity contribution in [2.75, 3.05) is 14.1 Å². The fourth-order valence-electron chi connectivity index (χ4n) is 1.33. The van der Waals surface area contributed by atoms with Crippen LogP contribution in [0.4, 0.5) is 0 Å². The van der Waals surface area contributed by atoms with Crippen molar-refractivity contribution < 1.29 is 9.90 Å². The first-order valence-electron chi connectivity index (χ1n) is 4.52. The van der Waals surface area contributed by atoms with Gasteiger partial charge in [-0.2, -0.15) is 0 Å². The third-order valence-corrected chi connectivity index (χ3v) is 2.42. The lowest BCUT2D eigenvalue weighted by molar-refractivity contribution is 0.0694. The average Bonchev–Trinajstić information content (AvgIpc) is 2.16. The van der Waals surface area contributed by atoms with Gasteiger partial charge in [-0.1, -0.05) is 18.2 Å². The molecule has 1 aromatic carbocycles. The van der Waals surface area contributed by atoms with Gasteiger partial charge in [-0.15, -0.1) is 0 Å². The minimum atomic E-state index is -0.866. The number of hydrogen-bond acceptors (Lipinski definition) is 2. The molecule has 1 N–H and O–H groups in total. The highest BCUT2D eigenvalue weighted by Crippen LogP contribution is 2.21. The fraction of sp³-hybridized carbons (Fsp3) is 0.364. The van der Waals surface area contributed by atoms with E-state index in [1.165, 1.54) is 0 Å². The van der Waals surface area contributed by atoms with Crippen LogP contribution >= 0.6 is 0 Å². The van der Waals surface area contributed by atoms with Crippen molar-refractivity contribution >= 4 is 5.97 Å². The Balaban J connectivity index is 3.13. The molecular formula is C11H15NO2. The van der Waals surface area contributed by atoms with Crippen LogP contribution in [-0.4, -0.2) is 30.1 Å². The van der Waals surface area contributed by atoms with Crippen LogP contribution in [0.25, 0.3) is 0 Å². The van der Waals surface area contributed by atoms with Crippen molar-refractivity contribution in [3.8, 4) is 0 Å². The first-order chi connectivity index (χ1) is 6.54. The Kier molecular flexibility index (Phi) is 3.25. The van der Waals surface area contributed by atoms with Crippen molar-refractivity contribution in [2.45, 2.75) is 13.0 Å². The molecule has 0 heterocycles. The van der Waals surface area contributed by atoms with Gasteiger partial charge < -0.3 is 10.0 Å². The zero-order valence-electron chi connectivity index (χ0n) is 8.69. The van der Waals surface area contributed by atoms with Gasteiger partial charge in [-0.3, -0.25) is 0 Å². The summed E-state index contributed by atoms with van der Waals surface area (Å²) in [6, 6.07) is 7.21. The number of aromatic carboxylic acids is 1. The van der Waals surface area contributed by atoms with Crippen LogP contribution in [0.5, 0.6) is 0 Å². The second-order valence-corrected chi connectivity index (χ2v) is 3.53. The van der Waals surface area contributed by atoms with Gasteiger partial charge >= 0.3 is 5.97 Å². The predicted molar refractivity (Wildman–Crippen MR) is 55.5 cm³/mol. The van der Waals surface area contributed by atoms with Gasteiger partial charge in [0.15, 0.2) is 0 Å². The molecule has 0 amide bonds. The van der Waals surface area contributed by atoms with Crippen molar-refractivity contribution in [1.82, 2.24) is 4.90 Å². The van der Waals surface area contributed by atoms with Gasteiger partial charge in [0.2, 0.25) is 0 Å². The number of carboxylic acids is 1. The molecule has 0 fully saturated rings. The lowest BCUT2D eigenvalue weighted by Crippen LogP contribution is -2.19. The van der Waals surface area contributed by atoms with Crippen LogP contribution in [0.2, 0.25) is 0 Å². The highest BCUT2D eigenvalue weighted by Gasteiger charge is 2.15. The van der Waals surface area contributed by atoms with E-state index < -0.39 is 5.97 Å². The van der Waals surface area contributed by atoms with Crippen molar-refractivity contribution in [1.29, 1.82) is 0 Å². The van der Waals surface area contributed by atoms with Crippen LogP contribution in [-0.2, 0) is 0 Å². The van der Waals surface area contributed by atoms with E-state index in [0.29, 0.717) is 5.56 Å². The minimum Gasteiger partial charge on any atom is -0.478 e. The molecule has 0 aliphatic rings. The zero-order chi connectivity index (χ0) is 10.7. The lowest BCUT2D eigenvalue weighted by atomic mass is 10.0. The summed E-state index contributed by atoms with van der Waals surface area (Å²) in [5.74, 6) is -0.866. The molecule has 0 radical (unpaired) electrons. The molecule has 1 rings (SSSR count). The van der Waals surface area contributed by atoms with E-state index in [4.69, 9.17) is 5.11 Å². The molecule has 1 unspecified atom stereocenters. The monoisotopic (exact) mass is 193 g/mol. The smallest absolute Gasteiger partial charge is 0.336 e. The summed E-state index contributed by atoms with van der Waals surface area (Å²) in [4.78, 5) is 12.9. The number of benzene rings is 1. The molecule has 0 aliphatic heterocycles. The highest BCUT2D eigenvalue weighted by atomic mass is 16.4. The number of hydrogen-bond donors (Lipinski definition) is 1. The van der Waals surface area contributed by atoms with Crippen LogP contribution in [0.15, 0.2) is 24.3 Å². The van der Waals surface area contributed by atoms with E-state index in [1.54, 1.807) is 12.1 Å². The van der Waals surface area contributed by atoms with Crippen molar-refractivity contribution in [3.05, 3.63) is 35.4 Å². The maximum Gasteiger partial charge on any atom is 0.336 e. The average molecular weight is 193 g/mol. The van der Waals surface area contributed by atoms with E-state index >= 15 is 0 Å². The van der Waals surface area contributed by atoms with Gasteiger partial charge in [0.25, 0.3) is 0 Å². The molecule has 0 saturated heterocycles. The van der Waals surface area contributed by atoms with E-state index in [2.05, 4.69) is 0 Å². The Labute approximate surface area is 84.0 Å². The number of carbonyl (C=O) groups is 1. The molecule has 0 saturated carbocycles. The second kappa shape index (κ2) is 4.24. The van der Waals surface area contributed by atoms with E-state index in [-0.39, 0.29) is 6.04 Å². The molecular weight excluding hydrogens is 178 g/mol. The zero-order valence-corrected chi connectivity index (χ0v) is 8.69. The first-order valence-corrected chi connectivity index (χ1v) is 4.52. The van der Waals surface area contributed by atoms with Crippen molar-refractivity contribution in [3.63, 3.8) is 0 Å². The Morgan fingerprint density at radius 1 is 1.36 bits per heavy atom. The summed E-state index contributed by atoms with van der Waals surface area (Å²) in [5, 5.41) is 8.98. The summed E-state index contributed by atoms with van der Waals surface area (Å²) < 4.78 is 0. The molecule has 76 valence electrons. The predicted octanol–water partition coefficient (Wildman–Crippen LogP) is 2.01. The van der Waals surface area contributed by atoms with E-state index in [0.717, 1.165) is 5.56 Å². The molecule has 1 atom stereocenters. The Morgan fingerprint density at radius 2 is 1.93 bits per heavy atom. The van der Waals surface area contributed by atoms with Gasteiger partial charge in [0.05, 0.1) is 5.56 Å². The van der Waals surface area contributed by atoms with E-state index in [1.807, 2.05) is 38.1 Å². The summed E-state index contributed by atoms with van der Waals surface area (Å²) in [5.41, 5.74) is 1.23. The number of rotatable bonds is 3. The highest BCUT2D eigenvalue weighted by molar-refractivity contribution is 5.89. The summed E-state index contributed by atoms with van der Waals surface area (Å²) >= 11 is 0. The van der Waals surface area contributed by atoms with Gasteiger partial charge in [0.1, 0.15) is 0 Å². The van der Waals surface area contributed by atoms with Crippen LogP contribution in [0.1, 0.15) is 28.9 Å². The maximum atomic E-state index is 10.9. The van der Waals surface area contributed by atoms with Gasteiger partial charge in [0, 0.05) is 6.04 Å². The first kappa shape index (κ1) is 10.7. The third-order valence-electron chi connectivity index (χ3n) is 2.42. The number of carboxylic acid groups (broad SMARTS) is 1. The quantitative estimate of drug-likeness (QED) is 0.798.